The van der Waals surface area contributed by atoms with Crippen molar-refractivity contribution in [2.75, 3.05) is 28.6 Å². The van der Waals surface area contributed by atoms with Crippen molar-refractivity contribution >= 4 is 29.0 Å². The lowest BCUT2D eigenvalue weighted by molar-refractivity contribution is 0.102. The summed E-state index contributed by atoms with van der Waals surface area (Å²) in [6, 6.07) is 16.6. The van der Waals surface area contributed by atoms with Gasteiger partial charge >= 0.3 is 0 Å². The SMILES string of the molecule is Cc1cc(Nc2ccc(NC(=O)c3cccc(-n4cnnn4)c3)cc2)nc(N2CCCCC2)n1. The zero-order chi connectivity index (χ0) is 23.3. The van der Waals surface area contributed by atoms with E-state index in [0.29, 0.717) is 16.9 Å². The topological polar surface area (TPSA) is 114 Å². The summed E-state index contributed by atoms with van der Waals surface area (Å²) in [6.07, 6.45) is 5.10. The van der Waals surface area contributed by atoms with Crippen molar-refractivity contribution in [3.63, 3.8) is 0 Å². The van der Waals surface area contributed by atoms with Crippen LogP contribution in [-0.2, 0) is 0 Å². The fraction of sp³-hybridized carbons (Fsp3) is 0.250. The molecule has 2 N–H and O–H groups in total. The molecule has 1 saturated heterocycles. The predicted octanol–water partition coefficient (Wildman–Crippen LogP) is 3.75. The molecule has 1 aliphatic heterocycles. The number of amides is 1. The van der Waals surface area contributed by atoms with E-state index in [-0.39, 0.29) is 5.91 Å². The molecule has 1 aliphatic rings. The van der Waals surface area contributed by atoms with Crippen molar-refractivity contribution in [3.05, 3.63) is 72.2 Å². The third-order valence-electron chi connectivity index (χ3n) is 5.62. The van der Waals surface area contributed by atoms with Gasteiger partial charge < -0.3 is 15.5 Å². The second-order valence-corrected chi connectivity index (χ2v) is 8.20. The number of aromatic nitrogens is 6. The molecule has 10 nitrogen and oxygen atoms in total. The number of carbonyl (C=O) groups is 1. The number of hydrogen-bond acceptors (Lipinski definition) is 8. The summed E-state index contributed by atoms with van der Waals surface area (Å²) >= 11 is 0. The molecule has 34 heavy (non-hydrogen) atoms. The molecule has 2 aromatic heterocycles. The van der Waals surface area contributed by atoms with E-state index in [0.717, 1.165) is 36.2 Å². The number of rotatable bonds is 6. The minimum atomic E-state index is -0.215. The predicted molar refractivity (Wildman–Crippen MR) is 130 cm³/mol. The van der Waals surface area contributed by atoms with Gasteiger partial charge in [-0.1, -0.05) is 6.07 Å². The van der Waals surface area contributed by atoms with Crippen LogP contribution < -0.4 is 15.5 Å². The van der Waals surface area contributed by atoms with Crippen LogP contribution in [0.25, 0.3) is 5.69 Å². The molecule has 0 aliphatic carbocycles. The zero-order valence-corrected chi connectivity index (χ0v) is 18.8. The van der Waals surface area contributed by atoms with E-state index in [4.69, 9.17) is 4.98 Å². The van der Waals surface area contributed by atoms with Gasteiger partial charge in [-0.15, -0.1) is 5.10 Å². The highest BCUT2D eigenvalue weighted by Gasteiger charge is 2.15. The van der Waals surface area contributed by atoms with Crippen molar-refractivity contribution in [1.29, 1.82) is 0 Å². The summed E-state index contributed by atoms with van der Waals surface area (Å²) in [5.41, 5.74) is 3.71. The van der Waals surface area contributed by atoms with Gasteiger partial charge in [0, 0.05) is 41.8 Å². The summed E-state index contributed by atoms with van der Waals surface area (Å²) in [7, 11) is 0. The second kappa shape index (κ2) is 9.65. The minimum Gasteiger partial charge on any atom is -0.341 e. The van der Waals surface area contributed by atoms with Gasteiger partial charge in [0.25, 0.3) is 5.91 Å². The number of nitrogens with one attached hydrogen (secondary N) is 2. The third kappa shape index (κ3) is 5.01. The molecule has 3 heterocycles. The highest BCUT2D eigenvalue weighted by Crippen LogP contribution is 2.22. The summed E-state index contributed by atoms with van der Waals surface area (Å²) in [6.45, 7) is 3.97. The maximum absolute atomic E-state index is 12.7. The molecule has 0 bridgehead atoms. The van der Waals surface area contributed by atoms with Crippen molar-refractivity contribution in [2.45, 2.75) is 26.2 Å². The number of hydrogen-bond donors (Lipinski definition) is 2. The van der Waals surface area contributed by atoms with Crippen LogP contribution in [-0.4, -0.2) is 49.2 Å². The first kappa shape index (κ1) is 21.5. The van der Waals surface area contributed by atoms with Gasteiger partial charge in [-0.25, -0.2) is 9.67 Å². The highest BCUT2D eigenvalue weighted by atomic mass is 16.1. The van der Waals surface area contributed by atoms with E-state index >= 15 is 0 Å². The number of aryl methyl sites for hydroxylation is 1. The lowest BCUT2D eigenvalue weighted by Crippen LogP contribution is -2.31. The summed E-state index contributed by atoms with van der Waals surface area (Å²) < 4.78 is 1.50. The molecule has 0 unspecified atom stereocenters. The molecule has 1 amide bonds. The molecule has 0 saturated carbocycles. The first-order valence-corrected chi connectivity index (χ1v) is 11.3. The molecule has 1 fully saturated rings. The number of piperidine rings is 1. The Morgan fingerprint density at radius 1 is 0.941 bits per heavy atom. The van der Waals surface area contributed by atoms with Crippen LogP contribution in [0.2, 0.25) is 0 Å². The number of benzene rings is 2. The average Bonchev–Trinajstić information content (AvgIpc) is 3.41. The fourth-order valence-corrected chi connectivity index (χ4v) is 3.91. The number of anilines is 4. The molecule has 0 spiro atoms. The van der Waals surface area contributed by atoms with Crippen molar-refractivity contribution in [1.82, 2.24) is 30.2 Å². The molecule has 10 heteroatoms. The van der Waals surface area contributed by atoms with Gasteiger partial charge in [0.1, 0.15) is 12.1 Å². The van der Waals surface area contributed by atoms with E-state index in [1.807, 2.05) is 43.3 Å². The van der Waals surface area contributed by atoms with Crippen LogP contribution in [0, 0.1) is 6.92 Å². The molecule has 5 rings (SSSR count). The van der Waals surface area contributed by atoms with Crippen LogP contribution in [0.5, 0.6) is 0 Å². The first-order chi connectivity index (χ1) is 16.6. The lowest BCUT2D eigenvalue weighted by Gasteiger charge is -2.27. The fourth-order valence-electron chi connectivity index (χ4n) is 3.91. The standard InChI is InChI=1S/C24H25N9O/c1-17-14-22(29-24(26-17)32-12-3-2-4-13-32)27-19-8-10-20(11-9-19)28-23(34)18-6-5-7-21(15-18)33-16-25-30-31-33/h5-11,14-16H,2-4,12-13H2,1H3,(H,28,34)(H,26,27,29). The Morgan fingerprint density at radius 2 is 1.74 bits per heavy atom. The first-order valence-electron chi connectivity index (χ1n) is 11.3. The highest BCUT2D eigenvalue weighted by molar-refractivity contribution is 6.04. The third-order valence-corrected chi connectivity index (χ3v) is 5.62. The molecule has 0 radical (unpaired) electrons. The van der Waals surface area contributed by atoms with E-state index < -0.39 is 0 Å². The Labute approximate surface area is 197 Å². The Hall–Kier alpha value is -4.34. The normalized spacial score (nSPS) is 13.5. The maximum atomic E-state index is 12.7. The van der Waals surface area contributed by atoms with E-state index in [1.165, 1.54) is 30.3 Å². The van der Waals surface area contributed by atoms with E-state index in [2.05, 4.69) is 36.0 Å². The molecule has 0 atom stereocenters. The van der Waals surface area contributed by atoms with E-state index in [1.54, 1.807) is 18.2 Å². The minimum absolute atomic E-state index is 0.215. The Morgan fingerprint density at radius 3 is 2.50 bits per heavy atom. The quantitative estimate of drug-likeness (QED) is 0.452. The van der Waals surface area contributed by atoms with Gasteiger partial charge in [0.2, 0.25) is 5.95 Å². The second-order valence-electron chi connectivity index (χ2n) is 8.20. The maximum Gasteiger partial charge on any atom is 0.255 e. The van der Waals surface area contributed by atoms with Crippen molar-refractivity contribution in [2.24, 2.45) is 0 Å². The van der Waals surface area contributed by atoms with Crippen LogP contribution in [0.15, 0.2) is 60.9 Å². The molecular formula is C24H25N9O. The largest absolute Gasteiger partial charge is 0.341 e. The lowest BCUT2D eigenvalue weighted by atomic mass is 10.1. The van der Waals surface area contributed by atoms with Crippen LogP contribution in [0.4, 0.5) is 23.1 Å². The Kier molecular flexibility index (Phi) is 6.11. The molecular weight excluding hydrogens is 430 g/mol. The van der Waals surface area contributed by atoms with Gasteiger partial charge in [0.15, 0.2) is 0 Å². The van der Waals surface area contributed by atoms with Crippen LogP contribution in [0.3, 0.4) is 0 Å². The summed E-state index contributed by atoms with van der Waals surface area (Å²) in [4.78, 5) is 24.3. The average molecular weight is 456 g/mol. The van der Waals surface area contributed by atoms with Gasteiger partial charge in [-0.05, 0) is 79.1 Å². The van der Waals surface area contributed by atoms with Crippen molar-refractivity contribution in [3.8, 4) is 5.69 Å². The van der Waals surface area contributed by atoms with Gasteiger partial charge in [-0.2, -0.15) is 4.98 Å². The van der Waals surface area contributed by atoms with Crippen LogP contribution in [0.1, 0.15) is 35.3 Å². The van der Waals surface area contributed by atoms with Gasteiger partial charge in [0.05, 0.1) is 5.69 Å². The zero-order valence-electron chi connectivity index (χ0n) is 18.8. The summed E-state index contributed by atoms with van der Waals surface area (Å²) in [5, 5.41) is 17.4. The van der Waals surface area contributed by atoms with Gasteiger partial charge in [-0.3, -0.25) is 4.79 Å². The number of tetrazole rings is 1. The number of carbonyl (C=O) groups excluding carboxylic acids is 1. The van der Waals surface area contributed by atoms with Crippen molar-refractivity contribution < 1.29 is 4.79 Å². The van der Waals surface area contributed by atoms with Crippen LogP contribution >= 0.6 is 0 Å². The molecule has 4 aromatic rings. The monoisotopic (exact) mass is 455 g/mol. The Balaban J connectivity index is 1.25. The number of nitrogens with zero attached hydrogens (tertiary/aromatic N) is 7. The summed E-state index contributed by atoms with van der Waals surface area (Å²) in [5.74, 6) is 1.31. The smallest absolute Gasteiger partial charge is 0.255 e. The molecule has 2 aromatic carbocycles. The molecule has 172 valence electrons. The van der Waals surface area contributed by atoms with E-state index in [9.17, 15) is 4.79 Å². The Bertz CT molecular complexity index is 1270.